The number of carbonyl (C=O) groups is 1. The summed E-state index contributed by atoms with van der Waals surface area (Å²) in [7, 11) is 0. The number of aromatic nitrogens is 4. The van der Waals surface area contributed by atoms with Gasteiger partial charge in [0.25, 0.3) is 5.56 Å². The third-order valence-corrected chi connectivity index (χ3v) is 11.0. The van der Waals surface area contributed by atoms with E-state index in [4.69, 9.17) is 19.4 Å². The van der Waals surface area contributed by atoms with Crippen molar-refractivity contribution in [3.8, 4) is 33.8 Å². The summed E-state index contributed by atoms with van der Waals surface area (Å²) in [4.78, 5) is 45.6. The highest BCUT2D eigenvalue weighted by Gasteiger charge is 2.28. The lowest BCUT2D eigenvalue weighted by Crippen LogP contribution is -2.50. The van der Waals surface area contributed by atoms with Gasteiger partial charge >= 0.3 is 6.09 Å². The predicted octanol–water partition coefficient (Wildman–Crippen LogP) is 8.14. The molecule has 1 N–H and O–H groups in total. The Morgan fingerprint density at radius 1 is 0.965 bits per heavy atom. The van der Waals surface area contributed by atoms with E-state index in [1.807, 2.05) is 63.7 Å². The zero-order chi connectivity index (χ0) is 40.4. The fraction of sp³-hybridized carbons (Fsp3) is 0.422. The molecule has 0 atom stereocenters. The highest BCUT2D eigenvalue weighted by molar-refractivity contribution is 5.81. The van der Waals surface area contributed by atoms with Crippen molar-refractivity contribution in [2.75, 3.05) is 55.7 Å². The smallest absolute Gasteiger partial charge is 0.410 e. The topological polar surface area (TPSA) is 109 Å². The van der Waals surface area contributed by atoms with Crippen molar-refractivity contribution in [3.05, 3.63) is 106 Å². The first-order valence-corrected chi connectivity index (χ1v) is 20.0. The monoisotopic (exact) mass is 775 g/mol. The summed E-state index contributed by atoms with van der Waals surface area (Å²) < 4.78 is 27.5. The van der Waals surface area contributed by atoms with E-state index in [0.29, 0.717) is 55.8 Å². The van der Waals surface area contributed by atoms with Gasteiger partial charge in [-0.3, -0.25) is 4.79 Å². The molecule has 2 saturated heterocycles. The highest BCUT2D eigenvalue weighted by atomic mass is 19.1. The largest absolute Gasteiger partial charge is 0.444 e. The molecule has 1 amide bonds. The van der Waals surface area contributed by atoms with Crippen molar-refractivity contribution < 1.29 is 18.7 Å². The minimum Gasteiger partial charge on any atom is -0.444 e. The maximum absolute atomic E-state index is 14.0. The van der Waals surface area contributed by atoms with Crippen LogP contribution < -0.4 is 15.4 Å². The number of aromatic amines is 1. The quantitative estimate of drug-likeness (QED) is 0.160. The van der Waals surface area contributed by atoms with Gasteiger partial charge in [0.15, 0.2) is 0 Å². The highest BCUT2D eigenvalue weighted by Crippen LogP contribution is 2.39. The number of halogens is 1. The minimum atomic E-state index is -0.538. The normalized spacial score (nSPS) is 15.2. The number of benzene rings is 2. The molecule has 0 bridgehead atoms. The molecular weight excluding hydrogens is 722 g/mol. The summed E-state index contributed by atoms with van der Waals surface area (Å²) in [5.74, 6) is 1.25. The summed E-state index contributed by atoms with van der Waals surface area (Å²) >= 11 is 0. The van der Waals surface area contributed by atoms with Crippen LogP contribution in [0.2, 0.25) is 0 Å². The number of hydrogen-bond acceptors (Lipinski definition) is 8. The van der Waals surface area contributed by atoms with E-state index < -0.39 is 5.60 Å². The number of hydrogen-bond donors (Lipinski definition) is 1. The number of carbonyl (C=O) groups excluding carboxylic acids is 1. The van der Waals surface area contributed by atoms with Crippen LogP contribution in [0.5, 0.6) is 0 Å². The van der Waals surface area contributed by atoms with Gasteiger partial charge < -0.3 is 33.7 Å². The van der Waals surface area contributed by atoms with Crippen LogP contribution in [0, 0.1) is 26.6 Å². The molecule has 0 aliphatic carbocycles. The number of imidazole rings is 1. The zero-order valence-corrected chi connectivity index (χ0v) is 34.2. The van der Waals surface area contributed by atoms with Crippen LogP contribution in [0.3, 0.4) is 0 Å². The van der Waals surface area contributed by atoms with Crippen LogP contribution in [0.4, 0.5) is 20.7 Å². The molecule has 0 spiro atoms. The van der Waals surface area contributed by atoms with Gasteiger partial charge in [-0.05, 0) is 133 Å². The van der Waals surface area contributed by atoms with Gasteiger partial charge in [-0.25, -0.2) is 19.2 Å². The molecule has 2 aliphatic heterocycles. The maximum Gasteiger partial charge on any atom is 0.410 e. The number of piperazine rings is 1. The number of amides is 1. The maximum atomic E-state index is 14.0. The molecule has 0 saturated carbocycles. The molecular formula is C45H54FN7O4. The number of rotatable bonds is 9. The number of pyridine rings is 2. The van der Waals surface area contributed by atoms with E-state index >= 15 is 0 Å². The zero-order valence-electron chi connectivity index (χ0n) is 34.2. The van der Waals surface area contributed by atoms with Gasteiger partial charge in [0.1, 0.15) is 23.1 Å². The molecule has 5 heterocycles. The van der Waals surface area contributed by atoms with Gasteiger partial charge in [-0.1, -0.05) is 0 Å². The lowest BCUT2D eigenvalue weighted by atomic mass is 9.95. The number of aryl methyl sites for hydroxylation is 2. The van der Waals surface area contributed by atoms with E-state index in [9.17, 15) is 14.0 Å². The molecule has 11 nitrogen and oxygen atoms in total. The fourth-order valence-electron chi connectivity index (χ4n) is 7.97. The first-order valence-electron chi connectivity index (χ1n) is 20.0. The second-order valence-corrected chi connectivity index (χ2v) is 16.2. The molecule has 57 heavy (non-hydrogen) atoms. The van der Waals surface area contributed by atoms with Crippen molar-refractivity contribution in [1.82, 2.24) is 24.4 Å². The Balaban J connectivity index is 1.29. The van der Waals surface area contributed by atoms with E-state index in [2.05, 4.69) is 46.8 Å². The molecule has 5 aromatic rings. The third-order valence-electron chi connectivity index (χ3n) is 11.0. The molecule has 0 unspecified atom stereocenters. The summed E-state index contributed by atoms with van der Waals surface area (Å²) in [6.45, 7) is 18.8. The molecule has 300 valence electrons. The van der Waals surface area contributed by atoms with Crippen molar-refractivity contribution in [2.45, 2.75) is 79.5 Å². The van der Waals surface area contributed by atoms with Gasteiger partial charge in [-0.15, -0.1) is 0 Å². The molecule has 0 radical (unpaired) electrons. The molecule has 2 aliphatic rings. The first-order chi connectivity index (χ1) is 27.3. The molecule has 12 heteroatoms. The molecule has 2 aromatic carbocycles. The van der Waals surface area contributed by atoms with Gasteiger partial charge in [0.2, 0.25) is 0 Å². The van der Waals surface area contributed by atoms with Gasteiger partial charge in [-0.2, -0.15) is 0 Å². The van der Waals surface area contributed by atoms with Crippen molar-refractivity contribution in [3.63, 3.8) is 0 Å². The fourth-order valence-corrected chi connectivity index (χ4v) is 7.97. The van der Waals surface area contributed by atoms with Crippen LogP contribution in [0.25, 0.3) is 33.8 Å². The van der Waals surface area contributed by atoms with Crippen LogP contribution in [-0.4, -0.2) is 88.1 Å². The van der Waals surface area contributed by atoms with E-state index in [0.717, 1.165) is 83.2 Å². The second kappa shape index (κ2) is 16.5. The Hall–Kier alpha value is -5.49. The van der Waals surface area contributed by atoms with Crippen molar-refractivity contribution in [2.24, 2.45) is 0 Å². The third kappa shape index (κ3) is 8.91. The Bertz CT molecular complexity index is 2260. The van der Waals surface area contributed by atoms with Gasteiger partial charge in [0, 0.05) is 98.0 Å². The standard InChI is InChI=1S/C45H54FN7O4/c1-8-53(36-15-21-56-22-16-36)40-25-34(33-11-14-41(47-26-33)50-17-19-51(20-18-50)44(55)57-45(5,6)7)24-37(31(40)4)42-49-39(32-9-12-35(46)13-10-32)28-52(42)27-38-29(2)23-30(3)48-43(38)54/h9-14,23-26,28,36H,8,15-22,27H2,1-7H3,(H,48,54). The van der Waals surface area contributed by atoms with Crippen LogP contribution in [0.15, 0.2) is 71.8 Å². The average Bonchev–Trinajstić information content (AvgIpc) is 3.61. The summed E-state index contributed by atoms with van der Waals surface area (Å²) in [6, 6.07) is 17.2. The Kier molecular flexibility index (Phi) is 11.5. The first kappa shape index (κ1) is 39.7. The minimum absolute atomic E-state index is 0.129. The SMILES string of the molecule is CCN(c1cc(-c2ccc(N3CCN(C(=O)OC(C)(C)C)CC3)nc2)cc(-c2nc(-c3ccc(F)cc3)cn2Cc2c(C)cc(C)[nH]c2=O)c1C)C1CCOCC1. The Morgan fingerprint density at radius 2 is 1.67 bits per heavy atom. The number of ether oxygens (including phenoxy) is 2. The lowest BCUT2D eigenvalue weighted by Gasteiger charge is -2.37. The summed E-state index contributed by atoms with van der Waals surface area (Å²) in [6.07, 6.45) is 5.46. The van der Waals surface area contributed by atoms with Crippen LogP contribution in [0.1, 0.15) is 62.9 Å². The van der Waals surface area contributed by atoms with Crippen LogP contribution in [-0.2, 0) is 16.0 Å². The second-order valence-electron chi connectivity index (χ2n) is 16.2. The molecule has 7 rings (SSSR count). The Morgan fingerprint density at radius 3 is 2.30 bits per heavy atom. The number of nitrogens with one attached hydrogen (secondary N) is 1. The number of H-pyrrole nitrogens is 1. The molecule has 2 fully saturated rings. The van der Waals surface area contributed by atoms with Crippen molar-refractivity contribution >= 4 is 17.6 Å². The molecule has 3 aromatic heterocycles. The van der Waals surface area contributed by atoms with E-state index in [1.54, 1.807) is 17.0 Å². The van der Waals surface area contributed by atoms with E-state index in [1.165, 1.54) is 12.1 Å². The van der Waals surface area contributed by atoms with Gasteiger partial charge in [0.05, 0.1) is 12.2 Å². The number of anilines is 2. The van der Waals surface area contributed by atoms with Crippen molar-refractivity contribution in [1.29, 1.82) is 0 Å². The predicted molar refractivity (Wildman–Crippen MR) is 224 cm³/mol. The number of nitrogens with zero attached hydrogens (tertiary/aromatic N) is 6. The lowest BCUT2D eigenvalue weighted by molar-refractivity contribution is 0.0240. The Labute approximate surface area is 334 Å². The summed E-state index contributed by atoms with van der Waals surface area (Å²) in [5.41, 5.74) is 8.24. The van der Waals surface area contributed by atoms with Crippen LogP contribution >= 0.6 is 0 Å². The summed E-state index contributed by atoms with van der Waals surface area (Å²) in [5, 5.41) is 0. The average molecular weight is 776 g/mol. The van der Waals surface area contributed by atoms with E-state index in [-0.39, 0.29) is 17.5 Å².